The molecule has 14 nitrogen and oxygen atoms in total. The van der Waals surface area contributed by atoms with Crippen molar-refractivity contribution < 1.29 is 40.7 Å². The van der Waals surface area contributed by atoms with Crippen molar-refractivity contribution in [2.24, 2.45) is 0 Å². The minimum Gasteiger partial charge on any atom is -0.378 e. The highest BCUT2D eigenvalue weighted by molar-refractivity contribution is 7.89. The Morgan fingerprint density at radius 1 is 1.00 bits per heavy atom. The molecule has 1 atom stereocenters. The van der Waals surface area contributed by atoms with E-state index in [4.69, 9.17) is 4.74 Å². The van der Waals surface area contributed by atoms with Crippen molar-refractivity contribution >= 4 is 33.5 Å². The van der Waals surface area contributed by atoms with Crippen LogP contribution in [0.4, 0.5) is 13.2 Å². The Bertz CT molecular complexity index is 2170. The second kappa shape index (κ2) is 13.3. The van der Waals surface area contributed by atoms with Gasteiger partial charge in [0.2, 0.25) is 0 Å². The van der Waals surface area contributed by atoms with Gasteiger partial charge in [0.1, 0.15) is 17.7 Å². The van der Waals surface area contributed by atoms with Crippen molar-refractivity contribution in [1.82, 2.24) is 39.4 Å². The Kier molecular flexibility index (Phi) is 9.01. The third-order valence-electron chi connectivity index (χ3n) is 9.58. The summed E-state index contributed by atoms with van der Waals surface area (Å²) < 4.78 is 70.3. The van der Waals surface area contributed by atoms with Gasteiger partial charge >= 0.3 is 15.5 Å². The zero-order chi connectivity index (χ0) is 36.1. The molecule has 3 aliphatic rings. The van der Waals surface area contributed by atoms with Gasteiger partial charge in [-0.1, -0.05) is 24.3 Å². The summed E-state index contributed by atoms with van der Waals surface area (Å²) in [5.41, 5.74) is -0.418. The highest BCUT2D eigenvalue weighted by Gasteiger charge is 2.50. The van der Waals surface area contributed by atoms with Crippen LogP contribution < -0.4 is 10.6 Å². The molecule has 1 aliphatic carbocycles. The van der Waals surface area contributed by atoms with Crippen LogP contribution in [-0.4, -0.2) is 93.3 Å². The van der Waals surface area contributed by atoms with Crippen LogP contribution in [0, 0.1) is 6.92 Å². The van der Waals surface area contributed by atoms with E-state index in [-0.39, 0.29) is 48.6 Å². The first-order valence-corrected chi connectivity index (χ1v) is 17.7. The molecule has 18 heteroatoms. The molecule has 0 radical (unpaired) electrons. The molecular weight excluding hydrogens is 693 g/mol. The van der Waals surface area contributed by atoms with Gasteiger partial charge in [-0.15, -0.1) is 0 Å². The number of carbonyl (C=O) groups excluding carboxylic acids is 3. The Morgan fingerprint density at radius 2 is 1.78 bits per heavy atom. The maximum atomic E-state index is 13.7. The van der Waals surface area contributed by atoms with E-state index in [0.29, 0.717) is 60.1 Å². The molecular formula is C33H33F3N8O6S. The number of amides is 3. The van der Waals surface area contributed by atoms with Crippen LogP contribution in [0.1, 0.15) is 77.2 Å². The minimum atomic E-state index is -5.48. The van der Waals surface area contributed by atoms with Crippen LogP contribution in [0.3, 0.4) is 0 Å². The number of halogens is 3. The average molecular weight is 727 g/mol. The molecule has 4 aromatic rings. The molecule has 7 rings (SSSR count). The fourth-order valence-electron chi connectivity index (χ4n) is 6.84. The number of aromatic nitrogens is 4. The van der Waals surface area contributed by atoms with Gasteiger partial charge in [-0.2, -0.15) is 32.1 Å². The lowest BCUT2D eigenvalue weighted by Gasteiger charge is -2.29. The first kappa shape index (κ1) is 34.5. The van der Waals surface area contributed by atoms with Crippen LogP contribution in [-0.2, 0) is 40.7 Å². The predicted octanol–water partition coefficient (Wildman–Crippen LogP) is 2.46. The molecule has 2 aromatic heterocycles. The third-order valence-corrected chi connectivity index (χ3v) is 11.2. The number of ether oxygens (including phenoxy) is 1. The normalized spacial score (nSPS) is 18.0. The Labute approximate surface area is 290 Å². The number of hydrogen-bond acceptors (Lipinski definition) is 9. The second-order valence-electron chi connectivity index (χ2n) is 12.6. The van der Waals surface area contributed by atoms with Crippen molar-refractivity contribution in [2.75, 3.05) is 32.8 Å². The second-order valence-corrected chi connectivity index (χ2v) is 14.5. The van der Waals surface area contributed by atoms with E-state index in [9.17, 15) is 36.0 Å². The molecule has 268 valence electrons. The number of nitrogens with zero attached hydrogens (tertiary/aromatic N) is 6. The van der Waals surface area contributed by atoms with Crippen molar-refractivity contribution in [1.29, 1.82) is 0 Å². The predicted molar refractivity (Wildman–Crippen MR) is 174 cm³/mol. The largest absolute Gasteiger partial charge is 0.511 e. The minimum absolute atomic E-state index is 0.0153. The first-order valence-electron chi connectivity index (χ1n) is 16.3. The summed E-state index contributed by atoms with van der Waals surface area (Å²) in [6.07, 6.45) is 2.60. The fraction of sp³-hybridized carbons (Fsp3) is 0.394. The van der Waals surface area contributed by atoms with Crippen LogP contribution in [0.2, 0.25) is 0 Å². The number of fused-ring (bicyclic) bond motifs is 3. The van der Waals surface area contributed by atoms with E-state index < -0.39 is 33.9 Å². The molecule has 3 amide bonds. The van der Waals surface area contributed by atoms with Gasteiger partial charge in [-0.25, -0.2) is 13.4 Å². The zero-order valence-corrected chi connectivity index (χ0v) is 28.2. The van der Waals surface area contributed by atoms with Crippen molar-refractivity contribution in [2.45, 2.75) is 50.8 Å². The lowest BCUT2D eigenvalue weighted by molar-refractivity contribution is -0.0492. The topological polar surface area (TPSA) is 168 Å². The van der Waals surface area contributed by atoms with E-state index >= 15 is 0 Å². The number of alkyl halides is 3. The van der Waals surface area contributed by atoms with E-state index in [1.807, 2.05) is 13.0 Å². The van der Waals surface area contributed by atoms with Gasteiger partial charge in [-0.05, 0) is 65.6 Å². The van der Waals surface area contributed by atoms with Crippen LogP contribution >= 0.6 is 0 Å². The molecule has 4 heterocycles. The molecule has 0 saturated carbocycles. The number of hydrogen-bond donors (Lipinski definition) is 2. The molecule has 0 spiro atoms. The standard InChI is InChI=1S/C33H33F3N8O6S/c1-19-23-6-7-26(25(23)5-4-24(19)31(47)42-10-12-50-13-11-42)40-30(46)28-15-27(41-32-38-18-39-44(28)32)29(45)37-16-20-2-3-21-8-9-43(17-22(21)14-20)51(48,49)33(34,35)36/h2-5,14-15,18,26H,6-13,16-17H2,1H3,(H,37,45)(H,40,46)/t26-/m0/s1. The van der Waals surface area contributed by atoms with Crippen molar-refractivity contribution in [3.8, 4) is 0 Å². The Balaban J connectivity index is 1.05. The van der Waals surface area contributed by atoms with Gasteiger partial charge in [0.15, 0.2) is 0 Å². The van der Waals surface area contributed by atoms with Gasteiger partial charge < -0.3 is 20.3 Å². The molecule has 0 unspecified atom stereocenters. The van der Waals surface area contributed by atoms with E-state index in [1.54, 1.807) is 29.2 Å². The van der Waals surface area contributed by atoms with E-state index in [1.165, 1.54) is 16.9 Å². The van der Waals surface area contributed by atoms with E-state index in [2.05, 4.69) is 25.7 Å². The highest BCUT2D eigenvalue weighted by atomic mass is 32.2. The summed E-state index contributed by atoms with van der Waals surface area (Å²) >= 11 is 0. The van der Waals surface area contributed by atoms with Crippen molar-refractivity contribution in [3.05, 3.63) is 93.1 Å². The summed E-state index contributed by atoms with van der Waals surface area (Å²) in [4.78, 5) is 50.2. The molecule has 0 bridgehead atoms. The molecule has 51 heavy (non-hydrogen) atoms. The average Bonchev–Trinajstić information content (AvgIpc) is 3.77. The molecule has 2 aliphatic heterocycles. The van der Waals surface area contributed by atoms with E-state index in [0.717, 1.165) is 22.3 Å². The summed E-state index contributed by atoms with van der Waals surface area (Å²) in [5, 5.41) is 9.84. The summed E-state index contributed by atoms with van der Waals surface area (Å²) in [5.74, 6) is -1.19. The Morgan fingerprint density at radius 3 is 2.55 bits per heavy atom. The maximum absolute atomic E-state index is 13.7. The number of carbonyl (C=O) groups is 3. The number of sulfonamides is 1. The smallest absolute Gasteiger partial charge is 0.378 e. The van der Waals surface area contributed by atoms with Gasteiger partial charge in [0.25, 0.3) is 23.5 Å². The number of morpholine rings is 1. The maximum Gasteiger partial charge on any atom is 0.511 e. The quantitative estimate of drug-likeness (QED) is 0.291. The summed E-state index contributed by atoms with van der Waals surface area (Å²) in [6.45, 7) is 3.21. The number of rotatable bonds is 7. The van der Waals surface area contributed by atoms with Crippen LogP contribution in [0.15, 0.2) is 42.7 Å². The van der Waals surface area contributed by atoms with Gasteiger partial charge in [0.05, 0.1) is 19.3 Å². The lowest BCUT2D eigenvalue weighted by atomic mass is 9.97. The zero-order valence-electron chi connectivity index (χ0n) is 27.4. The van der Waals surface area contributed by atoms with Crippen LogP contribution in [0.5, 0.6) is 0 Å². The first-order chi connectivity index (χ1) is 24.3. The molecule has 2 N–H and O–H groups in total. The third kappa shape index (κ3) is 6.54. The molecule has 1 fully saturated rings. The van der Waals surface area contributed by atoms with Crippen molar-refractivity contribution in [3.63, 3.8) is 0 Å². The van der Waals surface area contributed by atoms with Crippen LogP contribution in [0.25, 0.3) is 5.78 Å². The SMILES string of the molecule is Cc1c(C(=O)N2CCOCC2)ccc2c1CC[C@@H]2NC(=O)c1cc(C(=O)NCc2ccc3c(c2)CN(S(=O)(=O)C(F)(F)F)CC3)nc2ncnn12. The number of nitrogens with one attached hydrogen (secondary N) is 2. The number of benzene rings is 2. The van der Waals surface area contributed by atoms with Gasteiger partial charge in [-0.3, -0.25) is 14.4 Å². The lowest BCUT2D eigenvalue weighted by Crippen LogP contribution is -2.43. The summed E-state index contributed by atoms with van der Waals surface area (Å²) in [6, 6.07) is 9.57. The highest BCUT2D eigenvalue weighted by Crippen LogP contribution is 2.35. The molecule has 2 aromatic carbocycles. The Hall–Kier alpha value is -4.94. The fourth-order valence-corrected chi connectivity index (χ4v) is 7.77. The monoisotopic (exact) mass is 726 g/mol. The summed E-state index contributed by atoms with van der Waals surface area (Å²) in [7, 11) is -5.48. The molecule has 1 saturated heterocycles. The van der Waals surface area contributed by atoms with Gasteiger partial charge in [0, 0.05) is 44.4 Å².